The van der Waals surface area contributed by atoms with E-state index in [0.717, 1.165) is 43.5 Å². The molecule has 1 fully saturated rings. The lowest BCUT2D eigenvalue weighted by atomic mass is 9.73. The van der Waals surface area contributed by atoms with Crippen molar-refractivity contribution in [2.45, 2.75) is 51.2 Å². The summed E-state index contributed by atoms with van der Waals surface area (Å²) in [5.74, 6) is 0.875. The van der Waals surface area contributed by atoms with Gasteiger partial charge in [0.1, 0.15) is 0 Å². The maximum atomic E-state index is 13.1. The van der Waals surface area contributed by atoms with Crippen LogP contribution in [-0.2, 0) is 19.0 Å². The summed E-state index contributed by atoms with van der Waals surface area (Å²) in [4.78, 5) is 2.53. The van der Waals surface area contributed by atoms with E-state index in [9.17, 15) is 13.2 Å². The van der Waals surface area contributed by atoms with Crippen molar-refractivity contribution in [3.05, 3.63) is 70.3 Å². The second-order valence-corrected chi connectivity index (χ2v) is 8.07. The second-order valence-electron chi connectivity index (χ2n) is 8.07. The summed E-state index contributed by atoms with van der Waals surface area (Å²) in [6.45, 7) is 6.25. The molecule has 0 bridgehead atoms. The highest BCUT2D eigenvalue weighted by Gasteiger charge is 2.44. The minimum atomic E-state index is -4.26. The SMILES string of the molecule is CCN1C[C@@H]2c3ccc(C(F)(F)F)cc3CCC2[C@H]1Cc1cccc(C)c1.Cl. The van der Waals surface area contributed by atoms with Gasteiger partial charge in [0.2, 0.25) is 0 Å². The molecule has 0 aromatic heterocycles. The van der Waals surface area contributed by atoms with Crippen molar-refractivity contribution in [3.63, 3.8) is 0 Å². The quantitative estimate of drug-likeness (QED) is 0.598. The van der Waals surface area contributed by atoms with E-state index in [-0.39, 0.29) is 12.4 Å². The van der Waals surface area contributed by atoms with E-state index in [1.807, 2.05) is 0 Å². The standard InChI is InChI=1S/C23H26F3N.ClH/c1-3-27-14-21-19-10-8-18(23(24,25)26)13-17(19)7-9-20(21)22(27)12-16-6-4-5-15(2)11-16;/h4-6,8,10-11,13,20-22H,3,7,9,12,14H2,1-2H3;1H/t20?,21-,22-;/m1./s1. The van der Waals surface area contributed by atoms with Crippen molar-refractivity contribution < 1.29 is 13.2 Å². The van der Waals surface area contributed by atoms with Crippen molar-refractivity contribution in [1.82, 2.24) is 4.90 Å². The van der Waals surface area contributed by atoms with E-state index in [1.54, 1.807) is 6.07 Å². The van der Waals surface area contributed by atoms with Crippen LogP contribution in [0.1, 0.15) is 47.1 Å². The minimum absolute atomic E-state index is 0. The molecule has 1 unspecified atom stereocenters. The van der Waals surface area contributed by atoms with Gasteiger partial charge in [0, 0.05) is 18.5 Å². The lowest BCUT2D eigenvalue weighted by Gasteiger charge is -2.32. The highest BCUT2D eigenvalue weighted by atomic mass is 35.5. The zero-order chi connectivity index (χ0) is 19.2. The van der Waals surface area contributed by atoms with E-state index in [1.165, 1.54) is 23.3 Å². The third-order valence-electron chi connectivity index (χ3n) is 6.46. The number of likely N-dealkylation sites (N-methyl/N-ethyl adjacent to an activating group) is 1. The number of fused-ring (bicyclic) bond motifs is 3. The summed E-state index contributed by atoms with van der Waals surface area (Å²) in [5, 5.41) is 0. The second kappa shape index (κ2) is 8.08. The van der Waals surface area contributed by atoms with E-state index < -0.39 is 11.7 Å². The Morgan fingerprint density at radius 2 is 1.89 bits per heavy atom. The van der Waals surface area contributed by atoms with E-state index in [0.29, 0.717) is 17.9 Å². The molecule has 3 atom stereocenters. The molecule has 28 heavy (non-hydrogen) atoms. The fraction of sp³-hybridized carbons (Fsp3) is 0.478. The maximum absolute atomic E-state index is 13.1. The Bertz CT molecular complexity index is 833. The Morgan fingerprint density at radius 1 is 1.11 bits per heavy atom. The van der Waals surface area contributed by atoms with Gasteiger partial charge in [-0.05, 0) is 67.5 Å². The monoisotopic (exact) mass is 409 g/mol. The highest BCUT2D eigenvalue weighted by Crippen LogP contribution is 2.46. The fourth-order valence-electron chi connectivity index (χ4n) is 5.19. The Morgan fingerprint density at radius 3 is 2.57 bits per heavy atom. The minimum Gasteiger partial charge on any atom is -0.299 e. The molecule has 0 amide bonds. The normalized spacial score (nSPS) is 24.4. The van der Waals surface area contributed by atoms with Gasteiger partial charge in [-0.3, -0.25) is 4.90 Å². The summed E-state index contributed by atoms with van der Waals surface area (Å²) in [5.41, 5.74) is 4.17. The van der Waals surface area contributed by atoms with Crippen molar-refractivity contribution >= 4 is 12.4 Å². The van der Waals surface area contributed by atoms with Gasteiger partial charge in [0.05, 0.1) is 5.56 Å². The first-order valence-electron chi connectivity index (χ1n) is 9.86. The molecular formula is C23H27ClF3N. The number of likely N-dealkylation sites (tertiary alicyclic amines) is 1. The average Bonchev–Trinajstić information content (AvgIpc) is 2.98. The van der Waals surface area contributed by atoms with Crippen LogP contribution in [0.15, 0.2) is 42.5 Å². The smallest absolute Gasteiger partial charge is 0.299 e. The van der Waals surface area contributed by atoms with Gasteiger partial charge >= 0.3 is 6.18 Å². The fourth-order valence-corrected chi connectivity index (χ4v) is 5.19. The van der Waals surface area contributed by atoms with Gasteiger partial charge in [-0.2, -0.15) is 13.2 Å². The van der Waals surface area contributed by atoms with Gasteiger partial charge in [0.15, 0.2) is 0 Å². The topological polar surface area (TPSA) is 3.24 Å². The van der Waals surface area contributed by atoms with Gasteiger partial charge in [-0.1, -0.05) is 42.8 Å². The summed E-state index contributed by atoms with van der Waals surface area (Å²) >= 11 is 0. The first kappa shape index (κ1) is 21.2. The van der Waals surface area contributed by atoms with Crippen LogP contribution in [0.3, 0.4) is 0 Å². The molecular weight excluding hydrogens is 383 g/mol. The van der Waals surface area contributed by atoms with Crippen LogP contribution < -0.4 is 0 Å². The number of alkyl halides is 3. The van der Waals surface area contributed by atoms with Crippen molar-refractivity contribution in [1.29, 1.82) is 0 Å². The van der Waals surface area contributed by atoms with Crippen LogP contribution in [0, 0.1) is 12.8 Å². The molecule has 2 aromatic carbocycles. The molecule has 0 radical (unpaired) electrons. The number of aryl methyl sites for hydroxylation is 2. The van der Waals surface area contributed by atoms with E-state index in [4.69, 9.17) is 0 Å². The van der Waals surface area contributed by atoms with Crippen LogP contribution in [0.25, 0.3) is 0 Å². The van der Waals surface area contributed by atoms with Gasteiger partial charge in [-0.25, -0.2) is 0 Å². The lowest BCUT2D eigenvalue weighted by Crippen LogP contribution is -2.35. The van der Waals surface area contributed by atoms with Crippen LogP contribution in [0.2, 0.25) is 0 Å². The summed E-state index contributed by atoms with van der Waals surface area (Å²) in [7, 11) is 0. The number of nitrogens with zero attached hydrogens (tertiary/aromatic N) is 1. The van der Waals surface area contributed by atoms with Crippen molar-refractivity contribution in [3.8, 4) is 0 Å². The van der Waals surface area contributed by atoms with Gasteiger partial charge in [0.25, 0.3) is 0 Å². The molecule has 4 rings (SSSR count). The number of benzene rings is 2. The first-order valence-corrected chi connectivity index (χ1v) is 9.86. The Kier molecular flexibility index (Phi) is 6.11. The Labute approximate surface area is 171 Å². The summed E-state index contributed by atoms with van der Waals surface area (Å²) < 4.78 is 39.2. The van der Waals surface area contributed by atoms with Crippen LogP contribution in [0.5, 0.6) is 0 Å². The van der Waals surface area contributed by atoms with Crippen LogP contribution in [0.4, 0.5) is 13.2 Å². The molecule has 0 N–H and O–H groups in total. The van der Waals surface area contributed by atoms with E-state index >= 15 is 0 Å². The third-order valence-corrected chi connectivity index (χ3v) is 6.46. The Balaban J connectivity index is 0.00000225. The van der Waals surface area contributed by atoms with Crippen LogP contribution >= 0.6 is 12.4 Å². The molecule has 1 heterocycles. The van der Waals surface area contributed by atoms with Crippen LogP contribution in [-0.4, -0.2) is 24.0 Å². The van der Waals surface area contributed by atoms with E-state index in [2.05, 4.69) is 43.0 Å². The molecule has 2 aromatic rings. The predicted molar refractivity (Wildman–Crippen MR) is 109 cm³/mol. The number of rotatable bonds is 3. The highest BCUT2D eigenvalue weighted by molar-refractivity contribution is 5.85. The molecule has 1 saturated heterocycles. The number of halogens is 4. The van der Waals surface area contributed by atoms with Gasteiger partial charge in [-0.15, -0.1) is 12.4 Å². The van der Waals surface area contributed by atoms with Crippen molar-refractivity contribution in [2.24, 2.45) is 5.92 Å². The number of hydrogen-bond donors (Lipinski definition) is 0. The lowest BCUT2D eigenvalue weighted by molar-refractivity contribution is -0.137. The maximum Gasteiger partial charge on any atom is 0.416 e. The molecule has 152 valence electrons. The summed E-state index contributed by atoms with van der Waals surface area (Å²) in [6.07, 6.45) is -1.51. The molecule has 5 heteroatoms. The average molecular weight is 410 g/mol. The molecule has 0 spiro atoms. The number of hydrogen-bond acceptors (Lipinski definition) is 1. The molecule has 2 aliphatic rings. The van der Waals surface area contributed by atoms with Gasteiger partial charge < -0.3 is 0 Å². The van der Waals surface area contributed by atoms with Crippen molar-refractivity contribution in [2.75, 3.05) is 13.1 Å². The molecule has 1 aliphatic heterocycles. The molecule has 0 saturated carbocycles. The molecule has 1 nitrogen and oxygen atoms in total. The predicted octanol–water partition coefficient (Wildman–Crippen LogP) is 6.03. The zero-order valence-electron chi connectivity index (χ0n) is 16.3. The largest absolute Gasteiger partial charge is 0.416 e. The first-order chi connectivity index (χ1) is 12.9. The zero-order valence-corrected chi connectivity index (χ0v) is 17.1. The molecule has 1 aliphatic carbocycles. The third kappa shape index (κ3) is 3.95. The Hall–Kier alpha value is -1.52. The summed E-state index contributed by atoms with van der Waals surface area (Å²) in [6, 6.07) is 13.6.